The Morgan fingerprint density at radius 3 is 2.50 bits per heavy atom. The lowest BCUT2D eigenvalue weighted by molar-refractivity contribution is -0.312. The monoisotopic (exact) mass is 437 g/mol. The molecule has 0 aromatic heterocycles. The Bertz CT molecular complexity index is 1150. The van der Waals surface area contributed by atoms with E-state index in [1.165, 1.54) is 38.3 Å². The number of barbiturate groups is 1. The number of amides is 4. The fourth-order valence-corrected chi connectivity index (χ4v) is 3.13. The molecule has 1 aliphatic heterocycles. The van der Waals surface area contributed by atoms with Gasteiger partial charge in [-0.3, -0.25) is 14.9 Å². The molecule has 2 aromatic rings. The molecule has 1 heterocycles. The predicted octanol–water partition coefficient (Wildman–Crippen LogP) is 1.50. The predicted molar refractivity (Wildman–Crippen MR) is 113 cm³/mol. The molecule has 0 aliphatic carbocycles. The molecule has 1 saturated heterocycles. The van der Waals surface area contributed by atoms with Gasteiger partial charge in [0, 0.05) is 0 Å². The fraction of sp³-hybridized carbons (Fsp3) is 0.217. The van der Waals surface area contributed by atoms with Gasteiger partial charge < -0.3 is 19.4 Å². The zero-order valence-electron chi connectivity index (χ0n) is 17.9. The Labute approximate surface area is 184 Å². The topological polar surface area (TPSA) is 125 Å². The maximum Gasteiger partial charge on any atom is 0.335 e. The van der Waals surface area contributed by atoms with Crippen molar-refractivity contribution >= 4 is 35.6 Å². The molecule has 9 nitrogen and oxygen atoms in total. The minimum Gasteiger partial charge on any atom is -0.546 e. The Hall–Kier alpha value is -4.14. The number of aliphatic carboxylic acids is 1. The highest BCUT2D eigenvalue weighted by atomic mass is 16.5. The summed E-state index contributed by atoms with van der Waals surface area (Å²) in [5, 5.41) is 13.1. The molecular weight excluding hydrogens is 416 g/mol. The smallest absolute Gasteiger partial charge is 0.335 e. The molecule has 1 fully saturated rings. The number of hydrogen-bond donors (Lipinski definition) is 1. The van der Waals surface area contributed by atoms with E-state index >= 15 is 0 Å². The average Bonchev–Trinajstić information content (AvgIpc) is 2.74. The van der Waals surface area contributed by atoms with Crippen LogP contribution in [-0.2, 0) is 14.4 Å². The summed E-state index contributed by atoms with van der Waals surface area (Å²) in [6, 6.07) is 8.81. The van der Waals surface area contributed by atoms with E-state index in [0.29, 0.717) is 11.3 Å². The fourth-order valence-electron chi connectivity index (χ4n) is 3.13. The lowest BCUT2D eigenvalue weighted by Crippen LogP contribution is -2.54. The van der Waals surface area contributed by atoms with E-state index in [2.05, 4.69) is 5.32 Å². The van der Waals surface area contributed by atoms with Crippen LogP contribution in [0.25, 0.3) is 6.08 Å². The summed E-state index contributed by atoms with van der Waals surface area (Å²) in [4.78, 5) is 49.8. The van der Waals surface area contributed by atoms with E-state index in [-0.39, 0.29) is 17.1 Å². The molecule has 0 radical (unpaired) electrons. The molecule has 0 saturated carbocycles. The molecule has 3 rings (SSSR count). The first-order valence-electron chi connectivity index (χ1n) is 9.67. The van der Waals surface area contributed by atoms with Crippen molar-refractivity contribution in [1.82, 2.24) is 5.32 Å². The average molecular weight is 437 g/mol. The van der Waals surface area contributed by atoms with Crippen molar-refractivity contribution in [2.75, 3.05) is 12.0 Å². The van der Waals surface area contributed by atoms with Crippen LogP contribution in [0.1, 0.15) is 23.6 Å². The molecule has 2 aromatic carbocycles. The maximum absolute atomic E-state index is 13.1. The van der Waals surface area contributed by atoms with Gasteiger partial charge in [-0.05, 0) is 61.7 Å². The standard InChI is InChI=1S/C23H22N2O7/c1-12-6-5-7-17(13(12)2)25-21(27)16(20(26)24-23(25)30)10-15-8-9-18(19(11-15)31-4)32-14(3)22(28)29/h5-11,14H,1-4H3,(H,28,29)(H,24,26,30)/p-1/b16-10+/t14-/m0/s1. The SMILES string of the molecule is COc1cc(/C=C2\C(=O)NC(=O)N(c3cccc(C)c3C)C2=O)ccc1O[C@@H](C)C(=O)[O-]. The third-order valence-corrected chi connectivity index (χ3v) is 5.05. The highest BCUT2D eigenvalue weighted by Crippen LogP contribution is 2.31. The number of rotatable bonds is 6. The third-order valence-electron chi connectivity index (χ3n) is 5.05. The van der Waals surface area contributed by atoms with Crippen LogP contribution in [-0.4, -0.2) is 37.0 Å². The van der Waals surface area contributed by atoms with Gasteiger partial charge in [0.05, 0.1) is 18.8 Å². The van der Waals surface area contributed by atoms with Crippen molar-refractivity contribution in [3.05, 3.63) is 58.7 Å². The number of hydrogen-bond acceptors (Lipinski definition) is 7. The molecule has 1 aliphatic rings. The Morgan fingerprint density at radius 1 is 1.12 bits per heavy atom. The highest BCUT2D eigenvalue weighted by molar-refractivity contribution is 6.39. The summed E-state index contributed by atoms with van der Waals surface area (Å²) in [7, 11) is 1.36. The van der Waals surface area contributed by atoms with Crippen LogP contribution in [0.5, 0.6) is 11.5 Å². The van der Waals surface area contributed by atoms with E-state index in [0.717, 1.165) is 16.0 Å². The molecule has 4 amide bonds. The number of benzene rings is 2. The maximum atomic E-state index is 13.1. The van der Waals surface area contributed by atoms with Crippen molar-refractivity contribution in [2.24, 2.45) is 0 Å². The molecule has 166 valence electrons. The number of carbonyl (C=O) groups is 4. The number of carbonyl (C=O) groups excluding carboxylic acids is 4. The number of aryl methyl sites for hydroxylation is 1. The molecule has 1 N–H and O–H groups in total. The minimum atomic E-state index is -1.39. The van der Waals surface area contributed by atoms with E-state index in [1.54, 1.807) is 19.1 Å². The summed E-state index contributed by atoms with van der Waals surface area (Å²) in [6.45, 7) is 4.95. The van der Waals surface area contributed by atoms with Crippen molar-refractivity contribution in [1.29, 1.82) is 0 Å². The van der Waals surface area contributed by atoms with Crippen LogP contribution < -0.4 is 24.8 Å². The van der Waals surface area contributed by atoms with Gasteiger partial charge in [-0.25, -0.2) is 9.69 Å². The van der Waals surface area contributed by atoms with Crippen molar-refractivity contribution in [3.8, 4) is 11.5 Å². The second-order valence-electron chi connectivity index (χ2n) is 7.17. The largest absolute Gasteiger partial charge is 0.546 e. The normalized spacial score (nSPS) is 16.1. The van der Waals surface area contributed by atoms with E-state index < -0.39 is 29.9 Å². The summed E-state index contributed by atoms with van der Waals surface area (Å²) < 4.78 is 10.5. The van der Waals surface area contributed by atoms with Crippen LogP contribution >= 0.6 is 0 Å². The molecule has 1 atom stereocenters. The van der Waals surface area contributed by atoms with Gasteiger partial charge in [0.1, 0.15) is 11.7 Å². The van der Waals surface area contributed by atoms with Crippen molar-refractivity contribution in [3.63, 3.8) is 0 Å². The van der Waals surface area contributed by atoms with Gasteiger partial charge in [-0.15, -0.1) is 0 Å². The van der Waals surface area contributed by atoms with Crippen LogP contribution in [0, 0.1) is 13.8 Å². The number of urea groups is 1. The van der Waals surface area contributed by atoms with Crippen molar-refractivity contribution < 1.29 is 33.8 Å². The van der Waals surface area contributed by atoms with Crippen LogP contribution in [0.3, 0.4) is 0 Å². The molecule has 0 unspecified atom stereocenters. The first-order valence-corrected chi connectivity index (χ1v) is 9.67. The number of methoxy groups -OCH3 is 1. The first kappa shape index (κ1) is 22.5. The van der Waals surface area contributed by atoms with E-state index in [1.807, 2.05) is 13.0 Å². The van der Waals surface area contributed by atoms with Crippen molar-refractivity contribution in [2.45, 2.75) is 26.9 Å². The minimum absolute atomic E-state index is 0.151. The summed E-state index contributed by atoms with van der Waals surface area (Å²) in [5.74, 6) is -2.64. The molecule has 9 heteroatoms. The first-order chi connectivity index (χ1) is 15.1. The molecule has 0 bridgehead atoms. The zero-order valence-corrected chi connectivity index (χ0v) is 17.9. The number of anilines is 1. The van der Waals surface area contributed by atoms with Gasteiger partial charge in [0.15, 0.2) is 11.5 Å². The Kier molecular flexibility index (Phi) is 6.29. The van der Waals surface area contributed by atoms with Crippen LogP contribution in [0.15, 0.2) is 42.0 Å². The van der Waals surface area contributed by atoms with Crippen LogP contribution in [0.2, 0.25) is 0 Å². The molecule has 32 heavy (non-hydrogen) atoms. The molecule has 0 spiro atoms. The van der Waals surface area contributed by atoms with Gasteiger partial charge in [-0.2, -0.15) is 0 Å². The Morgan fingerprint density at radius 2 is 1.84 bits per heavy atom. The second-order valence-corrected chi connectivity index (χ2v) is 7.17. The Balaban J connectivity index is 1.99. The lowest BCUT2D eigenvalue weighted by Gasteiger charge is -2.28. The second kappa shape index (κ2) is 8.93. The number of carboxylic acid groups (broad SMARTS) is 1. The highest BCUT2D eigenvalue weighted by Gasteiger charge is 2.37. The van der Waals surface area contributed by atoms with Gasteiger partial charge >= 0.3 is 6.03 Å². The summed E-state index contributed by atoms with van der Waals surface area (Å²) >= 11 is 0. The van der Waals surface area contributed by atoms with Gasteiger partial charge in [-0.1, -0.05) is 18.2 Å². The third kappa shape index (κ3) is 4.31. The molecular formula is C23H21N2O7-. The van der Waals surface area contributed by atoms with Gasteiger partial charge in [0.2, 0.25) is 0 Å². The summed E-state index contributed by atoms with van der Waals surface area (Å²) in [6.07, 6.45) is 0.104. The number of nitrogens with zero attached hydrogens (tertiary/aromatic N) is 1. The number of nitrogens with one attached hydrogen (secondary N) is 1. The number of carboxylic acids is 1. The lowest BCUT2D eigenvalue weighted by atomic mass is 10.0. The zero-order chi connectivity index (χ0) is 23.6. The van der Waals surface area contributed by atoms with E-state index in [9.17, 15) is 24.3 Å². The quantitative estimate of drug-likeness (QED) is 0.536. The number of ether oxygens (including phenoxy) is 2. The number of imide groups is 2. The van der Waals surface area contributed by atoms with E-state index in [4.69, 9.17) is 9.47 Å². The van der Waals surface area contributed by atoms with Crippen LogP contribution in [0.4, 0.5) is 10.5 Å². The van der Waals surface area contributed by atoms with Gasteiger partial charge in [0.25, 0.3) is 11.8 Å². The summed E-state index contributed by atoms with van der Waals surface area (Å²) in [5.41, 5.74) is 2.16.